The van der Waals surface area contributed by atoms with Gasteiger partial charge in [0.2, 0.25) is 0 Å². The molecule has 1 N–H and O–H groups in total. The van der Waals surface area contributed by atoms with E-state index < -0.39 is 0 Å². The second-order valence-electron chi connectivity index (χ2n) is 6.73. The van der Waals surface area contributed by atoms with Crippen molar-refractivity contribution in [3.8, 4) is 5.75 Å². The molecule has 0 heterocycles. The van der Waals surface area contributed by atoms with Crippen molar-refractivity contribution in [3.05, 3.63) is 29.3 Å². The standard InChI is InChI=1S/C19H31NO/c1-16-7-8-18(21-3)17(15-16)9-12-19(13-14-20-2)10-5-4-6-11-19/h7-8,15,20H,4-6,9-14H2,1-3H3. The van der Waals surface area contributed by atoms with E-state index in [4.69, 9.17) is 4.74 Å². The fourth-order valence-electron chi connectivity index (χ4n) is 3.82. The molecule has 0 saturated heterocycles. The second-order valence-corrected chi connectivity index (χ2v) is 6.73. The summed E-state index contributed by atoms with van der Waals surface area (Å²) in [5.74, 6) is 1.06. The molecule has 0 bridgehead atoms. The zero-order chi connectivity index (χ0) is 15.1. The second kappa shape index (κ2) is 7.84. The van der Waals surface area contributed by atoms with Crippen LogP contribution in [0, 0.1) is 12.3 Å². The largest absolute Gasteiger partial charge is 0.496 e. The lowest BCUT2D eigenvalue weighted by Gasteiger charge is -2.38. The summed E-state index contributed by atoms with van der Waals surface area (Å²) in [6.45, 7) is 3.31. The van der Waals surface area contributed by atoms with E-state index >= 15 is 0 Å². The molecule has 0 aromatic heterocycles. The SMILES string of the molecule is CNCCC1(CCc2cc(C)ccc2OC)CCCCC1. The minimum atomic E-state index is 0.552. The molecule has 1 fully saturated rings. The Kier molecular flexibility index (Phi) is 6.10. The van der Waals surface area contributed by atoms with E-state index in [-0.39, 0.29) is 0 Å². The maximum absolute atomic E-state index is 5.54. The van der Waals surface area contributed by atoms with Crippen molar-refractivity contribution in [1.29, 1.82) is 0 Å². The minimum absolute atomic E-state index is 0.552. The van der Waals surface area contributed by atoms with Gasteiger partial charge in [0, 0.05) is 0 Å². The van der Waals surface area contributed by atoms with Crippen LogP contribution in [-0.4, -0.2) is 20.7 Å². The van der Waals surface area contributed by atoms with Gasteiger partial charge in [0.25, 0.3) is 0 Å². The van der Waals surface area contributed by atoms with E-state index in [0.717, 1.165) is 18.7 Å². The number of nitrogens with one attached hydrogen (secondary N) is 1. The van der Waals surface area contributed by atoms with Gasteiger partial charge in [-0.2, -0.15) is 0 Å². The summed E-state index contributed by atoms with van der Waals surface area (Å²) in [4.78, 5) is 0. The lowest BCUT2D eigenvalue weighted by atomic mass is 9.68. The Morgan fingerprint density at radius 2 is 1.90 bits per heavy atom. The maximum Gasteiger partial charge on any atom is 0.122 e. The van der Waals surface area contributed by atoms with Crippen molar-refractivity contribution in [1.82, 2.24) is 5.32 Å². The van der Waals surface area contributed by atoms with Crippen LogP contribution in [-0.2, 0) is 6.42 Å². The Balaban J connectivity index is 2.05. The number of aryl methyl sites for hydroxylation is 2. The highest BCUT2D eigenvalue weighted by atomic mass is 16.5. The van der Waals surface area contributed by atoms with Crippen LogP contribution in [0.2, 0.25) is 0 Å². The van der Waals surface area contributed by atoms with E-state index in [0.29, 0.717) is 5.41 Å². The number of hydrogen-bond acceptors (Lipinski definition) is 2. The summed E-state index contributed by atoms with van der Waals surface area (Å²) in [6, 6.07) is 6.55. The predicted molar refractivity (Wildman–Crippen MR) is 90.1 cm³/mol. The molecule has 2 rings (SSSR count). The van der Waals surface area contributed by atoms with Gasteiger partial charge in [-0.3, -0.25) is 0 Å². The summed E-state index contributed by atoms with van der Waals surface area (Å²) in [7, 11) is 3.85. The highest BCUT2D eigenvalue weighted by Crippen LogP contribution is 2.43. The topological polar surface area (TPSA) is 21.3 Å². The molecule has 0 aliphatic heterocycles. The number of hydrogen-bond donors (Lipinski definition) is 1. The fourth-order valence-corrected chi connectivity index (χ4v) is 3.82. The third kappa shape index (κ3) is 4.47. The molecule has 2 heteroatoms. The van der Waals surface area contributed by atoms with Crippen LogP contribution >= 0.6 is 0 Å². The van der Waals surface area contributed by atoms with Gasteiger partial charge in [-0.05, 0) is 69.7 Å². The molecule has 118 valence electrons. The first-order chi connectivity index (χ1) is 10.2. The number of benzene rings is 1. The molecular weight excluding hydrogens is 258 g/mol. The van der Waals surface area contributed by atoms with Gasteiger partial charge < -0.3 is 10.1 Å². The molecular formula is C19H31NO. The van der Waals surface area contributed by atoms with Gasteiger partial charge in [0.15, 0.2) is 0 Å². The van der Waals surface area contributed by atoms with Crippen LogP contribution < -0.4 is 10.1 Å². The molecule has 1 aliphatic carbocycles. The van der Waals surface area contributed by atoms with Gasteiger partial charge in [-0.15, -0.1) is 0 Å². The number of methoxy groups -OCH3 is 1. The molecule has 0 atom stereocenters. The predicted octanol–water partition coefficient (Wildman–Crippen LogP) is 4.50. The molecule has 0 amide bonds. The summed E-state index contributed by atoms with van der Waals surface area (Å²) in [5.41, 5.74) is 3.27. The van der Waals surface area contributed by atoms with Crippen molar-refractivity contribution in [2.45, 2.75) is 58.3 Å². The Labute approximate surface area is 130 Å². The van der Waals surface area contributed by atoms with Crippen LogP contribution in [0.15, 0.2) is 18.2 Å². The van der Waals surface area contributed by atoms with Crippen LogP contribution in [0.3, 0.4) is 0 Å². The highest BCUT2D eigenvalue weighted by molar-refractivity contribution is 5.37. The smallest absolute Gasteiger partial charge is 0.122 e. The van der Waals surface area contributed by atoms with Crippen LogP contribution in [0.25, 0.3) is 0 Å². The third-order valence-corrected chi connectivity index (χ3v) is 5.18. The Morgan fingerprint density at radius 3 is 2.57 bits per heavy atom. The van der Waals surface area contributed by atoms with E-state index in [1.54, 1.807) is 7.11 Å². The number of ether oxygens (including phenoxy) is 1. The zero-order valence-electron chi connectivity index (χ0n) is 14.0. The van der Waals surface area contributed by atoms with Crippen LogP contribution in [0.4, 0.5) is 0 Å². The lowest BCUT2D eigenvalue weighted by molar-refractivity contribution is 0.157. The third-order valence-electron chi connectivity index (χ3n) is 5.18. The quantitative estimate of drug-likeness (QED) is 0.798. The van der Waals surface area contributed by atoms with Gasteiger partial charge in [-0.25, -0.2) is 0 Å². The molecule has 0 radical (unpaired) electrons. The fraction of sp³-hybridized carbons (Fsp3) is 0.684. The van der Waals surface area contributed by atoms with E-state index in [1.807, 2.05) is 0 Å². The van der Waals surface area contributed by atoms with Gasteiger partial charge in [-0.1, -0.05) is 37.0 Å². The van der Waals surface area contributed by atoms with Crippen molar-refractivity contribution in [2.75, 3.05) is 20.7 Å². The maximum atomic E-state index is 5.54. The van der Waals surface area contributed by atoms with Gasteiger partial charge in [0.1, 0.15) is 5.75 Å². The molecule has 2 nitrogen and oxygen atoms in total. The Bertz CT molecular complexity index is 435. The van der Waals surface area contributed by atoms with Crippen molar-refractivity contribution in [2.24, 2.45) is 5.41 Å². The van der Waals surface area contributed by atoms with Crippen molar-refractivity contribution < 1.29 is 4.74 Å². The molecule has 1 aromatic rings. The average molecular weight is 289 g/mol. The number of rotatable bonds is 7. The first-order valence-corrected chi connectivity index (χ1v) is 8.47. The van der Waals surface area contributed by atoms with Crippen molar-refractivity contribution in [3.63, 3.8) is 0 Å². The summed E-state index contributed by atoms with van der Waals surface area (Å²) >= 11 is 0. The summed E-state index contributed by atoms with van der Waals surface area (Å²) in [6.07, 6.45) is 10.8. The minimum Gasteiger partial charge on any atom is -0.496 e. The molecule has 21 heavy (non-hydrogen) atoms. The van der Waals surface area contributed by atoms with Crippen LogP contribution in [0.5, 0.6) is 5.75 Å². The Morgan fingerprint density at radius 1 is 1.14 bits per heavy atom. The molecule has 1 saturated carbocycles. The summed E-state index contributed by atoms with van der Waals surface area (Å²) < 4.78 is 5.54. The first kappa shape index (κ1) is 16.4. The van der Waals surface area contributed by atoms with Gasteiger partial charge in [0.05, 0.1) is 7.11 Å². The van der Waals surface area contributed by atoms with E-state index in [9.17, 15) is 0 Å². The van der Waals surface area contributed by atoms with Gasteiger partial charge >= 0.3 is 0 Å². The summed E-state index contributed by atoms with van der Waals surface area (Å²) in [5, 5.41) is 3.34. The first-order valence-electron chi connectivity index (χ1n) is 8.47. The zero-order valence-corrected chi connectivity index (χ0v) is 14.0. The molecule has 0 unspecified atom stereocenters. The lowest BCUT2D eigenvalue weighted by Crippen LogP contribution is -2.29. The highest BCUT2D eigenvalue weighted by Gasteiger charge is 2.31. The Hall–Kier alpha value is -1.02. The molecule has 0 spiro atoms. The van der Waals surface area contributed by atoms with E-state index in [1.165, 1.54) is 56.1 Å². The van der Waals surface area contributed by atoms with Crippen LogP contribution in [0.1, 0.15) is 56.1 Å². The molecule has 1 aromatic carbocycles. The molecule has 1 aliphatic rings. The van der Waals surface area contributed by atoms with Crippen molar-refractivity contribution >= 4 is 0 Å². The van der Waals surface area contributed by atoms with E-state index in [2.05, 4.69) is 37.5 Å². The monoisotopic (exact) mass is 289 g/mol. The average Bonchev–Trinajstić information content (AvgIpc) is 2.52. The normalized spacial score (nSPS) is 17.7.